The fourth-order valence-electron chi connectivity index (χ4n) is 2.85. The smallest absolute Gasteiger partial charge is 0.326 e. The summed E-state index contributed by atoms with van der Waals surface area (Å²) in [6.45, 7) is 0.569. The monoisotopic (exact) mass is 277 g/mol. The van der Waals surface area contributed by atoms with E-state index in [2.05, 4.69) is 0 Å². The summed E-state index contributed by atoms with van der Waals surface area (Å²) in [5.41, 5.74) is 1.05. The van der Waals surface area contributed by atoms with Crippen molar-refractivity contribution in [2.45, 2.75) is 29.7 Å². The molecule has 1 aromatic rings. The highest BCUT2D eigenvalue weighted by atomic mass is 32.2. The van der Waals surface area contributed by atoms with Crippen molar-refractivity contribution >= 4 is 23.6 Å². The molecule has 19 heavy (non-hydrogen) atoms. The molecular weight excluding hydrogens is 262 g/mol. The van der Waals surface area contributed by atoms with Gasteiger partial charge in [0.15, 0.2) is 0 Å². The quantitative estimate of drug-likeness (QED) is 0.897. The van der Waals surface area contributed by atoms with Crippen LogP contribution in [-0.2, 0) is 9.59 Å². The van der Waals surface area contributed by atoms with Crippen molar-refractivity contribution in [2.75, 3.05) is 12.3 Å². The number of thioether (sulfide) groups is 1. The predicted octanol–water partition coefficient (Wildman–Crippen LogP) is 1.95. The number of nitrogens with zero attached hydrogens (tertiary/aromatic N) is 1. The molecule has 100 valence electrons. The molecule has 2 atom stereocenters. The van der Waals surface area contributed by atoms with Crippen molar-refractivity contribution in [3.8, 4) is 0 Å². The molecule has 0 aliphatic carbocycles. The van der Waals surface area contributed by atoms with E-state index in [1.54, 1.807) is 16.7 Å². The predicted molar refractivity (Wildman–Crippen MR) is 72.3 cm³/mol. The van der Waals surface area contributed by atoms with Crippen LogP contribution in [0.4, 0.5) is 0 Å². The zero-order valence-electron chi connectivity index (χ0n) is 10.4. The maximum atomic E-state index is 12.6. The van der Waals surface area contributed by atoms with Crippen LogP contribution < -0.4 is 0 Å². The molecule has 2 aliphatic heterocycles. The zero-order valence-corrected chi connectivity index (χ0v) is 11.2. The number of carboxylic acid groups (broad SMARTS) is 1. The number of hydrogen-bond donors (Lipinski definition) is 1. The summed E-state index contributed by atoms with van der Waals surface area (Å²) >= 11 is 1.68. The van der Waals surface area contributed by atoms with Crippen LogP contribution in [0.5, 0.6) is 0 Å². The lowest BCUT2D eigenvalue weighted by molar-refractivity contribution is -0.148. The molecule has 1 amide bonds. The van der Waals surface area contributed by atoms with Gasteiger partial charge >= 0.3 is 5.97 Å². The Morgan fingerprint density at radius 2 is 2.11 bits per heavy atom. The van der Waals surface area contributed by atoms with Crippen molar-refractivity contribution in [3.63, 3.8) is 0 Å². The number of hydrogen-bond acceptors (Lipinski definition) is 3. The van der Waals surface area contributed by atoms with Gasteiger partial charge in [0.05, 0.1) is 5.92 Å². The minimum atomic E-state index is -0.884. The molecule has 0 saturated carbocycles. The highest BCUT2D eigenvalue weighted by Gasteiger charge is 2.39. The molecule has 2 heterocycles. The Bertz CT molecular complexity index is 531. The molecule has 3 rings (SSSR count). The molecule has 1 fully saturated rings. The number of carbonyl (C=O) groups is 2. The Morgan fingerprint density at radius 1 is 1.32 bits per heavy atom. The standard InChI is InChI=1S/C14H15NO3S/c16-13(15-7-3-5-11(15)14(17)18)10-8-19-12-6-2-1-4-9(10)12/h1-2,4,6,10-11H,3,5,7-8H2,(H,17,18)/t10-,11-/m0/s1. The van der Waals surface area contributed by atoms with Gasteiger partial charge in [0.1, 0.15) is 6.04 Å². The lowest BCUT2D eigenvalue weighted by Crippen LogP contribution is -2.42. The molecule has 0 radical (unpaired) electrons. The van der Waals surface area contributed by atoms with Gasteiger partial charge in [-0.3, -0.25) is 4.79 Å². The van der Waals surface area contributed by atoms with E-state index in [9.17, 15) is 14.7 Å². The Kier molecular flexibility index (Phi) is 3.22. The van der Waals surface area contributed by atoms with Crippen LogP contribution in [0.25, 0.3) is 0 Å². The molecule has 1 saturated heterocycles. The Morgan fingerprint density at radius 3 is 2.89 bits per heavy atom. The van der Waals surface area contributed by atoms with E-state index in [0.29, 0.717) is 13.0 Å². The van der Waals surface area contributed by atoms with Gasteiger partial charge in [0.25, 0.3) is 0 Å². The normalized spacial score (nSPS) is 25.4. The second-order valence-corrected chi connectivity index (χ2v) is 5.99. The second kappa shape index (κ2) is 4.89. The first-order valence-corrected chi connectivity index (χ1v) is 7.42. The molecule has 0 aromatic heterocycles. The number of rotatable bonds is 2. The van der Waals surface area contributed by atoms with Crippen molar-refractivity contribution in [3.05, 3.63) is 29.8 Å². The number of amides is 1. The minimum absolute atomic E-state index is 0.0256. The molecule has 0 bridgehead atoms. The fourth-order valence-corrected chi connectivity index (χ4v) is 4.07. The lowest BCUT2D eigenvalue weighted by Gasteiger charge is -2.24. The van der Waals surface area contributed by atoms with Crippen molar-refractivity contribution < 1.29 is 14.7 Å². The number of benzene rings is 1. The Labute approximate surface area is 115 Å². The largest absolute Gasteiger partial charge is 0.480 e. The first-order chi connectivity index (χ1) is 9.18. The van der Waals surface area contributed by atoms with E-state index in [-0.39, 0.29) is 11.8 Å². The van der Waals surface area contributed by atoms with E-state index in [4.69, 9.17) is 0 Å². The van der Waals surface area contributed by atoms with E-state index >= 15 is 0 Å². The van der Waals surface area contributed by atoms with E-state index < -0.39 is 12.0 Å². The Balaban J connectivity index is 1.84. The van der Waals surface area contributed by atoms with E-state index in [1.165, 1.54) is 0 Å². The molecule has 4 nitrogen and oxygen atoms in total. The third-order valence-electron chi connectivity index (χ3n) is 3.82. The number of fused-ring (bicyclic) bond motifs is 1. The summed E-state index contributed by atoms with van der Waals surface area (Å²) in [6, 6.07) is 7.26. The maximum Gasteiger partial charge on any atom is 0.326 e. The molecule has 5 heteroatoms. The highest BCUT2D eigenvalue weighted by Crippen LogP contribution is 2.41. The number of carbonyl (C=O) groups excluding carboxylic acids is 1. The summed E-state index contributed by atoms with van der Waals surface area (Å²) in [5, 5.41) is 9.17. The van der Waals surface area contributed by atoms with Crippen LogP contribution in [0.3, 0.4) is 0 Å². The number of likely N-dealkylation sites (tertiary alicyclic amines) is 1. The van der Waals surface area contributed by atoms with Gasteiger partial charge in [0, 0.05) is 17.2 Å². The average molecular weight is 277 g/mol. The Hall–Kier alpha value is -1.49. The third kappa shape index (κ3) is 2.12. The van der Waals surface area contributed by atoms with Gasteiger partial charge in [-0.05, 0) is 24.5 Å². The van der Waals surface area contributed by atoms with Gasteiger partial charge in [-0.25, -0.2) is 4.79 Å². The van der Waals surface area contributed by atoms with Gasteiger partial charge in [-0.2, -0.15) is 0 Å². The molecule has 2 aliphatic rings. The van der Waals surface area contributed by atoms with Crippen LogP contribution >= 0.6 is 11.8 Å². The number of aliphatic carboxylic acids is 1. The molecule has 0 spiro atoms. The van der Waals surface area contributed by atoms with Gasteiger partial charge < -0.3 is 10.0 Å². The van der Waals surface area contributed by atoms with Crippen LogP contribution in [0.15, 0.2) is 29.2 Å². The molecular formula is C14H15NO3S. The van der Waals surface area contributed by atoms with Crippen LogP contribution in [0, 0.1) is 0 Å². The van der Waals surface area contributed by atoms with Crippen LogP contribution in [-0.4, -0.2) is 40.2 Å². The van der Waals surface area contributed by atoms with Crippen LogP contribution in [0.2, 0.25) is 0 Å². The molecule has 1 N–H and O–H groups in total. The van der Waals surface area contributed by atoms with Crippen molar-refractivity contribution in [1.82, 2.24) is 4.90 Å². The number of carboxylic acids is 1. The third-order valence-corrected chi connectivity index (χ3v) is 5.00. The van der Waals surface area contributed by atoms with Crippen molar-refractivity contribution in [2.24, 2.45) is 0 Å². The first-order valence-electron chi connectivity index (χ1n) is 6.43. The molecule has 0 unspecified atom stereocenters. The van der Waals surface area contributed by atoms with Gasteiger partial charge in [-0.15, -0.1) is 11.8 Å². The second-order valence-electron chi connectivity index (χ2n) is 4.93. The summed E-state index contributed by atoms with van der Waals surface area (Å²) in [7, 11) is 0. The average Bonchev–Trinajstić information content (AvgIpc) is 3.05. The topological polar surface area (TPSA) is 57.6 Å². The summed E-state index contributed by atoms with van der Waals surface area (Å²) in [4.78, 5) is 26.4. The maximum absolute atomic E-state index is 12.6. The summed E-state index contributed by atoms with van der Waals surface area (Å²) < 4.78 is 0. The zero-order chi connectivity index (χ0) is 13.4. The SMILES string of the molecule is O=C(O)[C@@H]1CCCN1C(=O)[C@H]1CSc2ccccc21. The van der Waals surface area contributed by atoms with E-state index in [0.717, 1.165) is 22.6 Å². The van der Waals surface area contributed by atoms with Gasteiger partial charge in [-0.1, -0.05) is 18.2 Å². The minimum Gasteiger partial charge on any atom is -0.480 e. The summed E-state index contributed by atoms with van der Waals surface area (Å²) in [5.74, 6) is -0.366. The lowest BCUT2D eigenvalue weighted by atomic mass is 9.99. The highest BCUT2D eigenvalue weighted by molar-refractivity contribution is 7.99. The fraction of sp³-hybridized carbons (Fsp3) is 0.429. The van der Waals surface area contributed by atoms with Gasteiger partial charge in [0.2, 0.25) is 5.91 Å². The molecule has 1 aromatic carbocycles. The first kappa shape index (κ1) is 12.5. The summed E-state index contributed by atoms with van der Waals surface area (Å²) in [6.07, 6.45) is 1.35. The van der Waals surface area contributed by atoms with E-state index in [1.807, 2.05) is 24.3 Å². The van der Waals surface area contributed by atoms with Crippen molar-refractivity contribution in [1.29, 1.82) is 0 Å². The van der Waals surface area contributed by atoms with Crippen LogP contribution in [0.1, 0.15) is 24.3 Å².